The van der Waals surface area contributed by atoms with Crippen LogP contribution in [-0.2, 0) is 4.79 Å². The lowest BCUT2D eigenvalue weighted by atomic mass is 9.99. The van der Waals surface area contributed by atoms with E-state index in [4.69, 9.17) is 0 Å². The van der Waals surface area contributed by atoms with Gasteiger partial charge in [-0.1, -0.05) is 20.8 Å². The molecule has 0 fully saturated rings. The normalized spacial score (nSPS) is 17.8. The zero-order valence-corrected chi connectivity index (χ0v) is 9.55. The molecule has 0 aliphatic carbocycles. The van der Waals surface area contributed by atoms with Crippen molar-refractivity contribution in [1.29, 1.82) is 0 Å². The fraction of sp³-hybridized carbons (Fsp3) is 0.727. The number of amides is 1. The second-order valence-corrected chi connectivity index (χ2v) is 3.90. The van der Waals surface area contributed by atoms with Crippen molar-refractivity contribution in [3.63, 3.8) is 0 Å². The van der Waals surface area contributed by atoms with Crippen molar-refractivity contribution in [2.24, 2.45) is 5.92 Å². The Labute approximate surface area is 86.2 Å². The third kappa shape index (κ3) is 1.91. The van der Waals surface area contributed by atoms with Crippen LogP contribution in [-0.4, -0.2) is 24.0 Å². The van der Waals surface area contributed by atoms with Crippen molar-refractivity contribution < 1.29 is 4.79 Å². The topological polar surface area (TPSA) is 32.3 Å². The van der Waals surface area contributed by atoms with Crippen LogP contribution >= 0.6 is 0 Å². The van der Waals surface area contributed by atoms with Crippen LogP contribution in [0.1, 0.15) is 34.1 Å². The van der Waals surface area contributed by atoms with Crippen molar-refractivity contribution >= 4 is 5.91 Å². The summed E-state index contributed by atoms with van der Waals surface area (Å²) in [5, 5.41) is 3.34. The van der Waals surface area contributed by atoms with Crippen LogP contribution in [0.4, 0.5) is 0 Å². The highest BCUT2D eigenvalue weighted by atomic mass is 16.2. The maximum absolute atomic E-state index is 11.9. The summed E-state index contributed by atoms with van der Waals surface area (Å²) in [5.74, 6) is 0.616. The first kappa shape index (κ1) is 11.1. The molecule has 0 aromatic heterocycles. The summed E-state index contributed by atoms with van der Waals surface area (Å²) in [4.78, 5) is 13.8. The van der Waals surface area contributed by atoms with E-state index in [0.717, 1.165) is 24.2 Å². The molecule has 0 saturated carbocycles. The highest BCUT2D eigenvalue weighted by Crippen LogP contribution is 2.20. The van der Waals surface area contributed by atoms with Crippen molar-refractivity contribution in [2.45, 2.75) is 34.1 Å². The first-order valence-electron chi connectivity index (χ1n) is 5.37. The van der Waals surface area contributed by atoms with Gasteiger partial charge in [0, 0.05) is 17.8 Å². The standard InChI is InChI=1S/C11H20N2O/c1-5-9-10(8(3)4)12-7-13(6-2)11(9)14/h8,12H,5-7H2,1-4H3. The highest BCUT2D eigenvalue weighted by Gasteiger charge is 2.25. The Morgan fingerprint density at radius 3 is 2.50 bits per heavy atom. The minimum absolute atomic E-state index is 0.206. The van der Waals surface area contributed by atoms with E-state index in [2.05, 4.69) is 19.2 Å². The molecule has 0 atom stereocenters. The van der Waals surface area contributed by atoms with Gasteiger partial charge < -0.3 is 10.2 Å². The van der Waals surface area contributed by atoms with Gasteiger partial charge in [-0.3, -0.25) is 4.79 Å². The van der Waals surface area contributed by atoms with Gasteiger partial charge in [0.15, 0.2) is 0 Å². The Morgan fingerprint density at radius 2 is 2.07 bits per heavy atom. The molecule has 1 N–H and O–H groups in total. The summed E-state index contributed by atoms with van der Waals surface area (Å²) in [6, 6.07) is 0. The van der Waals surface area contributed by atoms with E-state index in [1.165, 1.54) is 0 Å². The number of allylic oxidation sites excluding steroid dienone is 1. The number of carbonyl (C=O) groups excluding carboxylic acids is 1. The fourth-order valence-corrected chi connectivity index (χ4v) is 1.81. The zero-order chi connectivity index (χ0) is 10.7. The van der Waals surface area contributed by atoms with Crippen LogP contribution in [0.15, 0.2) is 11.3 Å². The minimum Gasteiger partial charge on any atom is -0.370 e. The Kier molecular flexibility index (Phi) is 3.55. The molecule has 0 aromatic rings. The molecule has 80 valence electrons. The maximum Gasteiger partial charge on any atom is 0.252 e. The Bertz CT molecular complexity index is 256. The Morgan fingerprint density at radius 1 is 1.43 bits per heavy atom. The molecule has 1 rings (SSSR count). The zero-order valence-electron chi connectivity index (χ0n) is 9.55. The first-order valence-corrected chi connectivity index (χ1v) is 5.37. The van der Waals surface area contributed by atoms with E-state index in [9.17, 15) is 4.79 Å². The Hall–Kier alpha value is -0.990. The molecule has 3 heteroatoms. The van der Waals surface area contributed by atoms with Gasteiger partial charge in [-0.25, -0.2) is 0 Å². The molecule has 0 saturated heterocycles. The second kappa shape index (κ2) is 4.49. The number of nitrogens with one attached hydrogen (secondary N) is 1. The van der Waals surface area contributed by atoms with Crippen LogP contribution in [0, 0.1) is 5.92 Å². The molecule has 0 aromatic carbocycles. The van der Waals surface area contributed by atoms with Crippen LogP contribution in [0.25, 0.3) is 0 Å². The van der Waals surface area contributed by atoms with E-state index in [1.807, 2.05) is 18.7 Å². The van der Waals surface area contributed by atoms with Gasteiger partial charge in [0.2, 0.25) is 0 Å². The second-order valence-electron chi connectivity index (χ2n) is 3.90. The number of nitrogens with zero attached hydrogens (tertiary/aromatic N) is 1. The van der Waals surface area contributed by atoms with Crippen molar-refractivity contribution in [2.75, 3.05) is 13.2 Å². The molecule has 14 heavy (non-hydrogen) atoms. The number of likely N-dealkylation sites (N-methyl/N-ethyl adjacent to an activating group) is 1. The van der Waals surface area contributed by atoms with Gasteiger partial charge >= 0.3 is 0 Å². The van der Waals surface area contributed by atoms with E-state index >= 15 is 0 Å². The van der Waals surface area contributed by atoms with E-state index in [1.54, 1.807) is 0 Å². The van der Waals surface area contributed by atoms with Crippen LogP contribution in [0.2, 0.25) is 0 Å². The summed E-state index contributed by atoms with van der Waals surface area (Å²) in [6.45, 7) is 9.72. The molecular weight excluding hydrogens is 176 g/mol. The molecular formula is C11H20N2O. The highest BCUT2D eigenvalue weighted by molar-refractivity contribution is 5.94. The maximum atomic E-state index is 11.9. The molecule has 0 unspecified atom stereocenters. The predicted molar refractivity (Wildman–Crippen MR) is 57.5 cm³/mol. The van der Waals surface area contributed by atoms with Crippen molar-refractivity contribution in [3.05, 3.63) is 11.3 Å². The average Bonchev–Trinajstić information content (AvgIpc) is 2.17. The molecule has 0 spiro atoms. The molecule has 3 nitrogen and oxygen atoms in total. The lowest BCUT2D eigenvalue weighted by molar-refractivity contribution is -0.128. The summed E-state index contributed by atoms with van der Waals surface area (Å²) in [6.07, 6.45) is 0.815. The first-order chi connectivity index (χ1) is 6.61. The van der Waals surface area contributed by atoms with Crippen molar-refractivity contribution in [3.8, 4) is 0 Å². The van der Waals surface area contributed by atoms with Gasteiger partial charge in [0.25, 0.3) is 5.91 Å². The van der Waals surface area contributed by atoms with Gasteiger partial charge in [0.1, 0.15) is 0 Å². The Balaban J connectivity index is 2.97. The molecule has 1 aliphatic rings. The largest absolute Gasteiger partial charge is 0.370 e. The summed E-state index contributed by atoms with van der Waals surface area (Å²) in [7, 11) is 0. The lowest BCUT2D eigenvalue weighted by Crippen LogP contribution is -2.45. The van der Waals surface area contributed by atoms with Crippen LogP contribution < -0.4 is 5.32 Å². The molecule has 0 radical (unpaired) electrons. The third-order valence-corrected chi connectivity index (χ3v) is 2.64. The number of hydrogen-bond donors (Lipinski definition) is 1. The fourth-order valence-electron chi connectivity index (χ4n) is 1.81. The molecule has 1 amide bonds. The van der Waals surface area contributed by atoms with Gasteiger partial charge in [0.05, 0.1) is 6.67 Å². The van der Waals surface area contributed by atoms with Gasteiger partial charge in [-0.2, -0.15) is 0 Å². The van der Waals surface area contributed by atoms with Gasteiger partial charge in [-0.05, 0) is 19.3 Å². The van der Waals surface area contributed by atoms with E-state index < -0.39 is 0 Å². The molecule has 0 bridgehead atoms. The SMILES string of the molecule is CCC1=C(C(C)C)NCN(CC)C1=O. The summed E-state index contributed by atoms with van der Waals surface area (Å²) >= 11 is 0. The average molecular weight is 196 g/mol. The van der Waals surface area contributed by atoms with Crippen molar-refractivity contribution in [1.82, 2.24) is 10.2 Å². The monoisotopic (exact) mass is 196 g/mol. The number of carbonyl (C=O) groups is 1. The lowest BCUT2D eigenvalue weighted by Gasteiger charge is -2.32. The molecule has 1 heterocycles. The third-order valence-electron chi connectivity index (χ3n) is 2.64. The smallest absolute Gasteiger partial charge is 0.252 e. The van der Waals surface area contributed by atoms with E-state index in [0.29, 0.717) is 12.6 Å². The number of hydrogen-bond acceptors (Lipinski definition) is 2. The summed E-state index contributed by atoms with van der Waals surface area (Å²) in [5.41, 5.74) is 2.08. The quantitative estimate of drug-likeness (QED) is 0.745. The predicted octanol–water partition coefficient (Wildman–Crippen LogP) is 1.72. The van der Waals surface area contributed by atoms with Crippen LogP contribution in [0.5, 0.6) is 0 Å². The summed E-state index contributed by atoms with van der Waals surface area (Å²) < 4.78 is 0. The minimum atomic E-state index is 0.206. The van der Waals surface area contributed by atoms with E-state index in [-0.39, 0.29) is 5.91 Å². The number of rotatable bonds is 3. The van der Waals surface area contributed by atoms with Crippen LogP contribution in [0.3, 0.4) is 0 Å². The molecule has 1 aliphatic heterocycles. The van der Waals surface area contributed by atoms with Gasteiger partial charge in [-0.15, -0.1) is 0 Å².